The lowest BCUT2D eigenvalue weighted by Crippen LogP contribution is -2.78. The van der Waals surface area contributed by atoms with Gasteiger partial charge in [-0.1, -0.05) is 41.5 Å². The molecule has 2 saturated carbocycles. The highest BCUT2D eigenvalue weighted by Crippen LogP contribution is 2.67. The SMILES string of the molecule is COC(C(=O)OC1CC2(O)[C@@H](C)C3[C@]4(OC(C)=O)COC4C[C@H](C)[C@@]3(C)C(=O)[C@H](C)C(=C1C)C2(C)C)C(C)N(C)C. The van der Waals surface area contributed by atoms with Crippen molar-refractivity contribution < 1.29 is 38.4 Å². The number of ether oxygens (including phenoxy) is 4. The van der Waals surface area contributed by atoms with E-state index in [1.165, 1.54) is 14.0 Å². The molecule has 9 heteroatoms. The van der Waals surface area contributed by atoms with Gasteiger partial charge < -0.3 is 29.0 Å². The van der Waals surface area contributed by atoms with Gasteiger partial charge in [-0.2, -0.15) is 0 Å². The third kappa shape index (κ3) is 4.35. The van der Waals surface area contributed by atoms with Gasteiger partial charge >= 0.3 is 11.9 Å². The highest BCUT2D eigenvalue weighted by atomic mass is 16.6. The number of hydrogen-bond donors (Lipinski definition) is 1. The number of hydrogen-bond acceptors (Lipinski definition) is 9. The Morgan fingerprint density at radius 2 is 1.76 bits per heavy atom. The van der Waals surface area contributed by atoms with Crippen LogP contribution >= 0.6 is 0 Å². The third-order valence-corrected chi connectivity index (χ3v) is 11.9. The Kier molecular flexibility index (Phi) is 8.16. The zero-order valence-electron chi connectivity index (χ0n) is 27.0. The van der Waals surface area contributed by atoms with Crippen LogP contribution in [0.3, 0.4) is 0 Å². The predicted molar refractivity (Wildman–Crippen MR) is 153 cm³/mol. The van der Waals surface area contributed by atoms with E-state index in [1.807, 2.05) is 67.5 Å². The molecular formula is C32H51NO8. The quantitative estimate of drug-likeness (QED) is 0.374. The lowest BCUT2D eigenvalue weighted by molar-refractivity contribution is -0.332. The summed E-state index contributed by atoms with van der Waals surface area (Å²) in [4.78, 5) is 42.6. The summed E-state index contributed by atoms with van der Waals surface area (Å²) in [6, 6.07) is -0.239. The topological polar surface area (TPSA) is 112 Å². The molecule has 0 radical (unpaired) electrons. The first-order valence-corrected chi connectivity index (χ1v) is 15.0. The Balaban J connectivity index is 1.89. The first-order chi connectivity index (χ1) is 18.8. The van der Waals surface area contributed by atoms with Gasteiger partial charge in [-0.25, -0.2) is 4.79 Å². The van der Waals surface area contributed by atoms with Gasteiger partial charge in [0.15, 0.2) is 11.7 Å². The highest BCUT2D eigenvalue weighted by Gasteiger charge is 2.74. The van der Waals surface area contributed by atoms with Gasteiger partial charge in [-0.05, 0) is 57.3 Å². The number of carbonyl (C=O) groups is 3. The molecule has 1 aliphatic heterocycles. The molecule has 1 N–H and O–H groups in total. The molecule has 1 saturated heterocycles. The van der Waals surface area contributed by atoms with Crippen molar-refractivity contribution in [2.45, 2.75) is 111 Å². The zero-order valence-corrected chi connectivity index (χ0v) is 27.0. The van der Waals surface area contributed by atoms with Gasteiger partial charge in [0.1, 0.15) is 18.0 Å². The maximum atomic E-state index is 14.8. The van der Waals surface area contributed by atoms with Crippen LogP contribution in [0, 0.1) is 34.5 Å². The van der Waals surface area contributed by atoms with E-state index < -0.39 is 63.9 Å². The molecule has 4 rings (SSSR count). The number of esters is 2. The Labute approximate surface area is 245 Å². The van der Waals surface area contributed by atoms with E-state index in [4.69, 9.17) is 18.9 Å². The fraction of sp³-hybridized carbons (Fsp3) is 0.844. The number of rotatable bonds is 6. The molecule has 9 nitrogen and oxygen atoms in total. The standard InChI is InChI=1S/C32H51NO8/c1-16-13-23-31(15-39-23,41-21(6)34)26-19(4)32(37)14-22(40-28(36)25(38-12)20(5)33(10)11)17(2)24(29(32,7)8)18(3)27(35)30(16,26)9/h16,18-20,22-23,25-26,37H,13-15H2,1-12H3/t16-,18+,19-,20?,22?,23?,25?,26?,30+,31-,32?/m0/s1. The van der Waals surface area contributed by atoms with Crippen LogP contribution in [0.4, 0.5) is 0 Å². The Morgan fingerprint density at radius 3 is 2.24 bits per heavy atom. The lowest BCUT2D eigenvalue weighted by atomic mass is 9.40. The van der Waals surface area contributed by atoms with Gasteiger partial charge in [0.2, 0.25) is 0 Å². The number of methoxy groups -OCH3 is 1. The molecule has 3 fully saturated rings. The maximum absolute atomic E-state index is 14.8. The molecule has 1 heterocycles. The minimum Gasteiger partial charge on any atom is -0.456 e. The molecule has 6 unspecified atom stereocenters. The third-order valence-electron chi connectivity index (χ3n) is 11.9. The highest BCUT2D eigenvalue weighted by molar-refractivity contribution is 5.91. The smallest absolute Gasteiger partial charge is 0.337 e. The van der Waals surface area contributed by atoms with E-state index >= 15 is 0 Å². The summed E-state index contributed by atoms with van der Waals surface area (Å²) in [6.07, 6.45) is -1.17. The lowest BCUT2D eigenvalue weighted by Gasteiger charge is -2.68. The largest absolute Gasteiger partial charge is 0.456 e. The van der Waals surface area contributed by atoms with Crippen molar-refractivity contribution in [3.63, 3.8) is 0 Å². The first kappa shape index (κ1) is 32.1. The second kappa shape index (κ2) is 10.4. The van der Waals surface area contributed by atoms with Gasteiger partial charge in [0.25, 0.3) is 0 Å². The van der Waals surface area contributed by atoms with E-state index in [2.05, 4.69) is 6.92 Å². The molecule has 0 aromatic rings. The average Bonchev–Trinajstić information content (AvgIpc) is 2.87. The van der Waals surface area contributed by atoms with Crippen molar-refractivity contribution in [2.24, 2.45) is 34.5 Å². The normalized spacial score (nSPS) is 43.1. The number of Topliss-reactive ketones (excluding diaryl/α,β-unsaturated/α-hetero) is 1. The fourth-order valence-corrected chi connectivity index (χ4v) is 9.27. The van der Waals surface area contributed by atoms with Gasteiger partial charge in [-0.3, -0.25) is 9.59 Å². The van der Waals surface area contributed by atoms with Crippen LogP contribution in [0.15, 0.2) is 11.1 Å². The minimum absolute atomic E-state index is 0.0612. The Hall–Kier alpha value is -1.81. The summed E-state index contributed by atoms with van der Waals surface area (Å²) in [5, 5.41) is 13.0. The van der Waals surface area contributed by atoms with Crippen LogP contribution in [-0.2, 0) is 33.3 Å². The molecule has 0 spiro atoms. The molecule has 232 valence electrons. The van der Waals surface area contributed by atoms with Crippen molar-refractivity contribution in [3.8, 4) is 0 Å². The number of nitrogens with zero attached hydrogens (tertiary/aromatic N) is 1. The van der Waals surface area contributed by atoms with Crippen LogP contribution in [-0.4, -0.2) is 91.1 Å². The van der Waals surface area contributed by atoms with E-state index in [0.717, 1.165) is 11.1 Å². The second-order valence-electron chi connectivity index (χ2n) is 14.3. The van der Waals surface area contributed by atoms with Crippen molar-refractivity contribution in [1.82, 2.24) is 4.90 Å². The zero-order chi connectivity index (χ0) is 31.0. The molecular weight excluding hydrogens is 526 g/mol. The number of ketones is 1. The van der Waals surface area contributed by atoms with E-state index in [1.54, 1.807) is 0 Å². The average molecular weight is 578 g/mol. The molecule has 4 aliphatic rings. The summed E-state index contributed by atoms with van der Waals surface area (Å²) in [6.45, 7) is 17.3. The molecule has 11 atom stereocenters. The molecule has 0 amide bonds. The van der Waals surface area contributed by atoms with Gasteiger partial charge in [0, 0.05) is 49.2 Å². The van der Waals surface area contributed by atoms with Crippen molar-refractivity contribution in [2.75, 3.05) is 27.8 Å². The Morgan fingerprint density at radius 1 is 1.15 bits per heavy atom. The molecule has 3 aliphatic carbocycles. The number of carbonyl (C=O) groups excluding carboxylic acids is 3. The predicted octanol–water partition coefficient (Wildman–Crippen LogP) is 3.56. The Bertz CT molecular complexity index is 1130. The van der Waals surface area contributed by atoms with Crippen LogP contribution in [0.5, 0.6) is 0 Å². The fourth-order valence-electron chi connectivity index (χ4n) is 9.27. The van der Waals surface area contributed by atoms with Crippen LogP contribution in [0.25, 0.3) is 0 Å². The monoisotopic (exact) mass is 577 g/mol. The summed E-state index contributed by atoms with van der Waals surface area (Å²) < 4.78 is 23.8. The minimum atomic E-state index is -1.40. The summed E-state index contributed by atoms with van der Waals surface area (Å²) >= 11 is 0. The van der Waals surface area contributed by atoms with E-state index in [9.17, 15) is 19.5 Å². The summed E-state index contributed by atoms with van der Waals surface area (Å²) in [5.41, 5.74) is -2.50. The van der Waals surface area contributed by atoms with Crippen molar-refractivity contribution >= 4 is 17.7 Å². The number of fused-ring (bicyclic) bond motifs is 5. The molecule has 41 heavy (non-hydrogen) atoms. The maximum Gasteiger partial charge on any atom is 0.337 e. The number of likely N-dealkylation sites (N-methyl/N-ethyl adjacent to an activating group) is 1. The van der Waals surface area contributed by atoms with E-state index in [-0.39, 0.29) is 36.9 Å². The number of aliphatic hydroxyl groups is 1. The van der Waals surface area contributed by atoms with Crippen LogP contribution in [0.2, 0.25) is 0 Å². The second-order valence-corrected chi connectivity index (χ2v) is 14.3. The van der Waals surface area contributed by atoms with Crippen LogP contribution in [0.1, 0.15) is 75.2 Å². The van der Waals surface area contributed by atoms with Crippen LogP contribution < -0.4 is 0 Å². The van der Waals surface area contributed by atoms with Crippen molar-refractivity contribution in [1.29, 1.82) is 0 Å². The van der Waals surface area contributed by atoms with Gasteiger partial charge in [0.05, 0.1) is 12.2 Å². The van der Waals surface area contributed by atoms with Gasteiger partial charge in [-0.15, -0.1) is 0 Å². The van der Waals surface area contributed by atoms with Crippen molar-refractivity contribution in [3.05, 3.63) is 11.1 Å². The first-order valence-electron chi connectivity index (χ1n) is 15.0. The molecule has 0 aromatic heterocycles. The summed E-state index contributed by atoms with van der Waals surface area (Å²) in [7, 11) is 5.22. The molecule has 0 aromatic carbocycles. The molecule has 2 bridgehead atoms. The summed E-state index contributed by atoms with van der Waals surface area (Å²) in [5.74, 6) is -2.49. The van der Waals surface area contributed by atoms with E-state index in [0.29, 0.717) is 6.42 Å².